The van der Waals surface area contributed by atoms with Crippen molar-refractivity contribution < 1.29 is 14.7 Å². The summed E-state index contributed by atoms with van der Waals surface area (Å²) in [5.74, 6) is -2.36. The molecule has 2 aromatic carbocycles. The van der Waals surface area contributed by atoms with Crippen LogP contribution in [0.1, 0.15) is 11.5 Å². The highest BCUT2D eigenvalue weighted by atomic mass is 35.5. The standard InChI is InChI=1S/C18H15ClN2O3/c1-11-15(17(22)21(19)12-7-3-2-4-8-12)13-9-5-6-10-14(13)20-16(11)18(23)24/h2-10,15-16,20H,1H2,(H,23,24). The first-order valence-corrected chi connectivity index (χ1v) is 7.66. The van der Waals surface area contributed by atoms with Gasteiger partial charge in [-0.05, 0) is 29.3 Å². The molecule has 24 heavy (non-hydrogen) atoms. The third-order valence-electron chi connectivity index (χ3n) is 3.98. The molecule has 1 aliphatic rings. The van der Waals surface area contributed by atoms with Crippen LogP contribution in [0.4, 0.5) is 11.4 Å². The SMILES string of the molecule is C=C1C(C(=O)O)Nc2ccccc2C1C(=O)N(Cl)c1ccccc1. The van der Waals surface area contributed by atoms with Gasteiger partial charge in [0.15, 0.2) is 0 Å². The van der Waals surface area contributed by atoms with Gasteiger partial charge in [-0.25, -0.2) is 9.21 Å². The quantitative estimate of drug-likeness (QED) is 0.662. The lowest BCUT2D eigenvalue weighted by molar-refractivity contribution is -0.137. The average molecular weight is 343 g/mol. The topological polar surface area (TPSA) is 69.6 Å². The lowest BCUT2D eigenvalue weighted by atomic mass is 9.82. The van der Waals surface area contributed by atoms with Crippen molar-refractivity contribution in [3.05, 3.63) is 72.3 Å². The van der Waals surface area contributed by atoms with E-state index in [0.717, 1.165) is 4.42 Å². The summed E-state index contributed by atoms with van der Waals surface area (Å²) in [4.78, 5) is 24.5. The Morgan fingerprint density at radius 3 is 2.38 bits per heavy atom. The highest BCUT2D eigenvalue weighted by molar-refractivity contribution is 6.37. The third-order valence-corrected chi connectivity index (χ3v) is 4.35. The van der Waals surface area contributed by atoms with Gasteiger partial charge in [0.25, 0.3) is 5.91 Å². The Morgan fingerprint density at radius 2 is 1.71 bits per heavy atom. The first-order valence-electron chi connectivity index (χ1n) is 7.32. The van der Waals surface area contributed by atoms with Gasteiger partial charge < -0.3 is 10.4 Å². The van der Waals surface area contributed by atoms with E-state index in [9.17, 15) is 14.7 Å². The molecule has 2 N–H and O–H groups in total. The van der Waals surface area contributed by atoms with Crippen LogP contribution in [-0.2, 0) is 9.59 Å². The number of para-hydroxylation sites is 2. The van der Waals surface area contributed by atoms with Crippen LogP contribution in [-0.4, -0.2) is 23.0 Å². The van der Waals surface area contributed by atoms with E-state index in [1.165, 1.54) is 0 Å². The largest absolute Gasteiger partial charge is 0.479 e. The molecule has 2 atom stereocenters. The number of nitrogens with one attached hydrogen (secondary N) is 1. The number of hydrogen-bond donors (Lipinski definition) is 2. The number of amides is 1. The highest BCUT2D eigenvalue weighted by Crippen LogP contribution is 2.39. The van der Waals surface area contributed by atoms with Crippen LogP contribution in [0, 0.1) is 0 Å². The second kappa shape index (κ2) is 6.37. The van der Waals surface area contributed by atoms with Crippen molar-refractivity contribution in [2.45, 2.75) is 12.0 Å². The molecule has 0 bridgehead atoms. The maximum Gasteiger partial charge on any atom is 0.330 e. The first-order chi connectivity index (χ1) is 11.5. The Hall–Kier alpha value is -2.79. The van der Waals surface area contributed by atoms with E-state index >= 15 is 0 Å². The minimum absolute atomic E-state index is 0.257. The van der Waals surface area contributed by atoms with Gasteiger partial charge in [0.2, 0.25) is 0 Å². The summed E-state index contributed by atoms with van der Waals surface area (Å²) in [6.45, 7) is 3.84. The molecule has 0 aromatic heterocycles. The molecular formula is C18H15ClN2O3. The van der Waals surface area contributed by atoms with E-state index in [0.29, 0.717) is 16.9 Å². The normalized spacial score (nSPS) is 19.1. The molecule has 5 nitrogen and oxygen atoms in total. The van der Waals surface area contributed by atoms with Crippen LogP contribution in [0.5, 0.6) is 0 Å². The summed E-state index contributed by atoms with van der Waals surface area (Å²) in [5, 5.41) is 12.3. The number of nitrogens with zero attached hydrogens (tertiary/aromatic N) is 1. The first kappa shape index (κ1) is 16.1. The van der Waals surface area contributed by atoms with Gasteiger partial charge in [0.1, 0.15) is 6.04 Å². The van der Waals surface area contributed by atoms with Crippen LogP contribution in [0.3, 0.4) is 0 Å². The maximum atomic E-state index is 13.0. The second-order valence-corrected chi connectivity index (χ2v) is 5.80. The molecular weight excluding hydrogens is 328 g/mol. The number of fused-ring (bicyclic) bond motifs is 1. The zero-order valence-corrected chi connectivity index (χ0v) is 13.4. The van der Waals surface area contributed by atoms with Gasteiger partial charge in [-0.2, -0.15) is 0 Å². The highest BCUT2D eigenvalue weighted by Gasteiger charge is 2.40. The van der Waals surface area contributed by atoms with Gasteiger partial charge in [0, 0.05) is 17.5 Å². The van der Waals surface area contributed by atoms with E-state index in [4.69, 9.17) is 11.8 Å². The Labute approximate surface area is 144 Å². The number of rotatable bonds is 3. The molecule has 0 saturated heterocycles. The van der Waals surface area contributed by atoms with Gasteiger partial charge in [-0.15, -0.1) is 0 Å². The van der Waals surface area contributed by atoms with E-state index in [-0.39, 0.29) is 5.57 Å². The molecule has 122 valence electrons. The molecule has 1 amide bonds. The van der Waals surface area contributed by atoms with Crippen LogP contribution in [0.15, 0.2) is 66.7 Å². The molecule has 2 aromatic rings. The summed E-state index contributed by atoms with van der Waals surface area (Å²) in [7, 11) is 0. The van der Waals surface area contributed by atoms with E-state index < -0.39 is 23.8 Å². The maximum absolute atomic E-state index is 13.0. The fourth-order valence-electron chi connectivity index (χ4n) is 2.81. The Balaban J connectivity index is 2.02. The number of hydrogen-bond acceptors (Lipinski definition) is 3. The number of halogens is 1. The average Bonchev–Trinajstić information content (AvgIpc) is 2.60. The van der Waals surface area contributed by atoms with Gasteiger partial charge in [-0.3, -0.25) is 4.79 Å². The Kier molecular flexibility index (Phi) is 4.27. The van der Waals surface area contributed by atoms with Crippen molar-refractivity contribution in [2.24, 2.45) is 0 Å². The lowest BCUT2D eigenvalue weighted by Gasteiger charge is -2.33. The molecule has 6 heteroatoms. The molecule has 0 fully saturated rings. The van der Waals surface area contributed by atoms with E-state index in [2.05, 4.69) is 11.9 Å². The summed E-state index contributed by atoms with van der Waals surface area (Å²) in [6.07, 6.45) is 0. The van der Waals surface area contributed by atoms with Crippen LogP contribution in [0.2, 0.25) is 0 Å². The number of aliphatic carboxylic acids is 1. The molecule has 0 radical (unpaired) electrons. The number of carboxylic acid groups (broad SMARTS) is 1. The monoisotopic (exact) mass is 342 g/mol. The lowest BCUT2D eigenvalue weighted by Crippen LogP contribution is -2.41. The van der Waals surface area contributed by atoms with Crippen molar-refractivity contribution in [3.63, 3.8) is 0 Å². The van der Waals surface area contributed by atoms with E-state index in [1.54, 1.807) is 48.5 Å². The Bertz CT molecular complexity index is 807. The van der Waals surface area contributed by atoms with Gasteiger partial charge in [-0.1, -0.05) is 43.0 Å². The Morgan fingerprint density at radius 1 is 1.08 bits per heavy atom. The molecule has 1 heterocycles. The van der Waals surface area contributed by atoms with E-state index in [1.807, 2.05) is 6.07 Å². The predicted octanol–water partition coefficient (Wildman–Crippen LogP) is 3.39. The van der Waals surface area contributed by atoms with Crippen LogP contribution >= 0.6 is 11.8 Å². The number of carboxylic acids is 1. The summed E-state index contributed by atoms with van der Waals surface area (Å²) >= 11 is 6.22. The number of carbonyl (C=O) groups excluding carboxylic acids is 1. The molecule has 0 aliphatic carbocycles. The molecule has 3 rings (SSSR count). The van der Waals surface area contributed by atoms with Crippen LogP contribution in [0.25, 0.3) is 0 Å². The third kappa shape index (κ3) is 2.74. The molecule has 0 spiro atoms. The summed E-state index contributed by atoms with van der Waals surface area (Å²) in [6, 6.07) is 14.8. The minimum atomic E-state index is -1.09. The smallest absolute Gasteiger partial charge is 0.330 e. The molecule has 1 aliphatic heterocycles. The molecule has 0 saturated carbocycles. The zero-order valence-electron chi connectivity index (χ0n) is 12.6. The van der Waals surface area contributed by atoms with Crippen molar-refractivity contribution in [2.75, 3.05) is 9.74 Å². The summed E-state index contributed by atoms with van der Waals surface area (Å²) in [5.41, 5.74) is 2.02. The van der Waals surface area contributed by atoms with Crippen molar-refractivity contribution >= 4 is 35.0 Å². The fourth-order valence-corrected chi connectivity index (χ4v) is 3.02. The zero-order chi connectivity index (χ0) is 17.3. The number of anilines is 2. The number of carbonyl (C=O) groups is 2. The fraction of sp³-hybridized carbons (Fsp3) is 0.111. The van der Waals surface area contributed by atoms with Gasteiger partial charge in [0.05, 0.1) is 11.6 Å². The molecule has 2 unspecified atom stereocenters. The van der Waals surface area contributed by atoms with Crippen LogP contribution < -0.4 is 9.74 Å². The predicted molar refractivity (Wildman–Crippen MR) is 93.2 cm³/mol. The number of benzene rings is 2. The van der Waals surface area contributed by atoms with Crippen molar-refractivity contribution in [1.82, 2.24) is 0 Å². The van der Waals surface area contributed by atoms with Crippen molar-refractivity contribution in [3.8, 4) is 0 Å². The van der Waals surface area contributed by atoms with Gasteiger partial charge >= 0.3 is 5.97 Å². The minimum Gasteiger partial charge on any atom is -0.479 e. The van der Waals surface area contributed by atoms with Crippen molar-refractivity contribution in [1.29, 1.82) is 0 Å². The summed E-state index contributed by atoms with van der Waals surface area (Å²) < 4.78 is 1.01. The second-order valence-electron chi connectivity index (χ2n) is 5.47.